The molecule has 2 N–H and O–H groups in total. The zero-order valence-corrected chi connectivity index (χ0v) is 10.2. The molecule has 1 aromatic rings. The Morgan fingerprint density at radius 1 is 1.44 bits per heavy atom. The lowest BCUT2D eigenvalue weighted by Gasteiger charge is -2.22. The van der Waals surface area contributed by atoms with Gasteiger partial charge in [-0.2, -0.15) is 4.98 Å². The van der Waals surface area contributed by atoms with Crippen LogP contribution in [0.1, 0.15) is 19.0 Å². The summed E-state index contributed by atoms with van der Waals surface area (Å²) < 4.78 is 0. The first-order valence-electron chi connectivity index (χ1n) is 5.60. The van der Waals surface area contributed by atoms with Gasteiger partial charge in [-0.05, 0) is 20.3 Å². The molecule has 1 heterocycles. The molecule has 0 aromatic carbocycles. The first-order chi connectivity index (χ1) is 7.71. The van der Waals surface area contributed by atoms with E-state index in [0.29, 0.717) is 5.95 Å². The third kappa shape index (κ3) is 3.34. The third-order valence-electron chi connectivity index (χ3n) is 2.36. The molecule has 90 valence electrons. The van der Waals surface area contributed by atoms with Gasteiger partial charge >= 0.3 is 0 Å². The molecule has 0 fully saturated rings. The quantitative estimate of drug-likeness (QED) is 0.756. The van der Waals surface area contributed by atoms with Crippen LogP contribution in [0.5, 0.6) is 0 Å². The molecular weight excluding hydrogens is 204 g/mol. The van der Waals surface area contributed by atoms with Gasteiger partial charge in [0.2, 0.25) is 5.95 Å². The topological polar surface area (TPSA) is 61.3 Å². The molecule has 0 aliphatic heterocycles. The van der Waals surface area contributed by atoms with Crippen molar-refractivity contribution in [2.75, 3.05) is 37.0 Å². The van der Waals surface area contributed by atoms with Gasteiger partial charge in [-0.1, -0.05) is 0 Å². The van der Waals surface area contributed by atoms with Gasteiger partial charge in [0.25, 0.3) is 0 Å². The number of rotatable bonds is 6. The van der Waals surface area contributed by atoms with E-state index in [2.05, 4.69) is 27.1 Å². The molecule has 0 spiro atoms. The lowest BCUT2D eigenvalue weighted by atomic mass is 10.3. The highest BCUT2D eigenvalue weighted by atomic mass is 16.3. The van der Waals surface area contributed by atoms with Crippen LogP contribution in [0.2, 0.25) is 0 Å². The fraction of sp³-hybridized carbons (Fsp3) is 0.636. The maximum Gasteiger partial charge on any atom is 0.224 e. The van der Waals surface area contributed by atoms with E-state index in [-0.39, 0.29) is 6.61 Å². The van der Waals surface area contributed by atoms with E-state index in [1.807, 2.05) is 20.0 Å². The number of nitrogens with one attached hydrogen (secondary N) is 1. The SMILES string of the molecule is CCN(CCCO)c1cc(C)nc(NC)n1. The van der Waals surface area contributed by atoms with Crippen molar-refractivity contribution in [1.29, 1.82) is 0 Å². The lowest BCUT2D eigenvalue weighted by Crippen LogP contribution is -2.26. The fourth-order valence-electron chi connectivity index (χ4n) is 1.52. The summed E-state index contributed by atoms with van der Waals surface area (Å²) in [5.41, 5.74) is 0.941. The molecule has 0 amide bonds. The summed E-state index contributed by atoms with van der Waals surface area (Å²) in [5.74, 6) is 1.55. The Balaban J connectivity index is 2.86. The van der Waals surface area contributed by atoms with Crippen molar-refractivity contribution in [3.8, 4) is 0 Å². The van der Waals surface area contributed by atoms with Gasteiger partial charge < -0.3 is 15.3 Å². The molecule has 0 saturated carbocycles. The van der Waals surface area contributed by atoms with Gasteiger partial charge in [0, 0.05) is 38.5 Å². The Morgan fingerprint density at radius 2 is 2.19 bits per heavy atom. The van der Waals surface area contributed by atoms with Crippen LogP contribution >= 0.6 is 0 Å². The van der Waals surface area contributed by atoms with Crippen molar-refractivity contribution in [2.45, 2.75) is 20.3 Å². The van der Waals surface area contributed by atoms with Gasteiger partial charge in [0.15, 0.2) is 0 Å². The summed E-state index contributed by atoms with van der Waals surface area (Å²) in [6.07, 6.45) is 0.756. The first kappa shape index (κ1) is 12.7. The van der Waals surface area contributed by atoms with Crippen LogP contribution < -0.4 is 10.2 Å². The molecule has 0 unspecified atom stereocenters. The smallest absolute Gasteiger partial charge is 0.224 e. The molecule has 0 aliphatic rings. The van der Waals surface area contributed by atoms with Crippen LogP contribution in [0.3, 0.4) is 0 Å². The van der Waals surface area contributed by atoms with Crippen molar-refractivity contribution < 1.29 is 5.11 Å². The summed E-state index contributed by atoms with van der Waals surface area (Å²) in [6.45, 7) is 5.92. The minimum Gasteiger partial charge on any atom is -0.396 e. The molecule has 0 radical (unpaired) electrons. The molecule has 5 heteroatoms. The van der Waals surface area contributed by atoms with E-state index in [0.717, 1.165) is 31.0 Å². The Labute approximate surface area is 96.5 Å². The second kappa shape index (κ2) is 6.27. The van der Waals surface area contributed by atoms with Crippen molar-refractivity contribution in [3.63, 3.8) is 0 Å². The lowest BCUT2D eigenvalue weighted by molar-refractivity contribution is 0.289. The van der Waals surface area contributed by atoms with E-state index in [1.54, 1.807) is 0 Å². The predicted molar refractivity (Wildman–Crippen MR) is 65.9 cm³/mol. The standard InChI is InChI=1S/C11H20N4O/c1-4-15(6-5-7-16)10-8-9(2)13-11(12-3)14-10/h8,16H,4-7H2,1-3H3,(H,12,13,14). The first-order valence-corrected chi connectivity index (χ1v) is 5.60. The number of hydrogen-bond donors (Lipinski definition) is 2. The van der Waals surface area contributed by atoms with Gasteiger partial charge in [0.1, 0.15) is 5.82 Å². The van der Waals surface area contributed by atoms with Crippen LogP contribution in [0.15, 0.2) is 6.07 Å². The third-order valence-corrected chi connectivity index (χ3v) is 2.36. The Morgan fingerprint density at radius 3 is 2.75 bits per heavy atom. The highest BCUT2D eigenvalue weighted by Gasteiger charge is 2.07. The molecule has 0 aliphatic carbocycles. The largest absolute Gasteiger partial charge is 0.396 e. The minimum atomic E-state index is 0.208. The van der Waals surface area contributed by atoms with Crippen LogP contribution in [0.25, 0.3) is 0 Å². The maximum absolute atomic E-state index is 8.84. The van der Waals surface area contributed by atoms with Crippen molar-refractivity contribution in [1.82, 2.24) is 9.97 Å². The number of aromatic nitrogens is 2. The van der Waals surface area contributed by atoms with E-state index in [9.17, 15) is 0 Å². The highest BCUT2D eigenvalue weighted by Crippen LogP contribution is 2.14. The summed E-state index contributed by atoms with van der Waals surface area (Å²) in [5, 5.41) is 11.8. The molecule has 0 saturated heterocycles. The maximum atomic E-state index is 8.84. The van der Waals surface area contributed by atoms with Gasteiger partial charge in [-0.3, -0.25) is 0 Å². The monoisotopic (exact) mass is 224 g/mol. The van der Waals surface area contributed by atoms with Crippen molar-refractivity contribution in [3.05, 3.63) is 11.8 Å². The summed E-state index contributed by atoms with van der Waals surface area (Å²) >= 11 is 0. The Kier molecular flexibility index (Phi) is 4.98. The normalized spacial score (nSPS) is 10.2. The number of anilines is 2. The van der Waals surface area contributed by atoms with Crippen LogP contribution in [0, 0.1) is 6.92 Å². The van der Waals surface area contributed by atoms with Gasteiger partial charge in [-0.15, -0.1) is 0 Å². The fourth-order valence-corrected chi connectivity index (χ4v) is 1.52. The second-order valence-electron chi connectivity index (χ2n) is 3.60. The van der Waals surface area contributed by atoms with Crippen LogP contribution in [-0.4, -0.2) is 41.8 Å². The predicted octanol–water partition coefficient (Wildman–Crippen LogP) is 1.04. The Hall–Kier alpha value is -1.36. The van der Waals surface area contributed by atoms with Crippen molar-refractivity contribution in [2.24, 2.45) is 0 Å². The van der Waals surface area contributed by atoms with Gasteiger partial charge in [-0.25, -0.2) is 4.98 Å². The van der Waals surface area contributed by atoms with E-state index in [1.165, 1.54) is 0 Å². The molecule has 0 atom stereocenters. The number of aliphatic hydroxyl groups excluding tert-OH is 1. The average Bonchev–Trinajstić information content (AvgIpc) is 2.29. The average molecular weight is 224 g/mol. The van der Waals surface area contributed by atoms with E-state index < -0.39 is 0 Å². The molecule has 1 aromatic heterocycles. The second-order valence-corrected chi connectivity index (χ2v) is 3.60. The van der Waals surface area contributed by atoms with E-state index >= 15 is 0 Å². The zero-order valence-electron chi connectivity index (χ0n) is 10.2. The highest BCUT2D eigenvalue weighted by molar-refractivity contribution is 5.44. The minimum absolute atomic E-state index is 0.208. The molecular formula is C11H20N4O. The molecule has 16 heavy (non-hydrogen) atoms. The van der Waals surface area contributed by atoms with Crippen LogP contribution in [0.4, 0.5) is 11.8 Å². The molecule has 5 nitrogen and oxygen atoms in total. The number of hydrogen-bond acceptors (Lipinski definition) is 5. The number of aliphatic hydroxyl groups is 1. The van der Waals surface area contributed by atoms with E-state index in [4.69, 9.17) is 5.11 Å². The van der Waals surface area contributed by atoms with Gasteiger partial charge in [0.05, 0.1) is 0 Å². The zero-order chi connectivity index (χ0) is 12.0. The van der Waals surface area contributed by atoms with Crippen LogP contribution in [-0.2, 0) is 0 Å². The summed E-state index contributed by atoms with van der Waals surface area (Å²) in [7, 11) is 1.81. The summed E-state index contributed by atoms with van der Waals surface area (Å²) in [6, 6.07) is 1.96. The number of aryl methyl sites for hydroxylation is 1. The number of nitrogens with zero attached hydrogens (tertiary/aromatic N) is 3. The Bertz CT molecular complexity index is 330. The van der Waals surface area contributed by atoms with Crippen molar-refractivity contribution >= 4 is 11.8 Å². The molecule has 0 bridgehead atoms. The summed E-state index contributed by atoms with van der Waals surface area (Å²) in [4.78, 5) is 10.8. The molecule has 1 rings (SSSR count).